The Balaban J connectivity index is 0. The minimum Gasteiger partial charge on any atom is -0.412 e. The van der Waals surface area contributed by atoms with Crippen molar-refractivity contribution in [1.82, 2.24) is 9.80 Å². The van der Waals surface area contributed by atoms with Gasteiger partial charge in [0.25, 0.3) is 0 Å². The van der Waals surface area contributed by atoms with Gasteiger partial charge in [0.2, 0.25) is 0 Å². The van der Waals surface area contributed by atoms with Crippen LogP contribution in [0.25, 0.3) is 0 Å². The van der Waals surface area contributed by atoms with Gasteiger partial charge < -0.3 is 15.3 Å². The largest absolute Gasteiger partial charge is 0.412 e. The molecule has 0 saturated carbocycles. The third-order valence-corrected chi connectivity index (χ3v) is 0.765. The van der Waals surface area contributed by atoms with Gasteiger partial charge in [-0.1, -0.05) is 0 Å². The molecule has 2 N–H and O–H groups in total. The predicted molar refractivity (Wildman–Crippen MR) is 36.4 cm³/mol. The summed E-state index contributed by atoms with van der Waals surface area (Å²) in [5.41, 5.74) is 0. The van der Waals surface area contributed by atoms with Crippen LogP contribution >= 0.6 is 0 Å². The molecule has 9 heavy (non-hydrogen) atoms. The lowest BCUT2D eigenvalue weighted by Crippen LogP contribution is -2.33. The zero-order valence-electron chi connectivity index (χ0n) is 6.30. The second-order valence-corrected chi connectivity index (χ2v) is 2.07. The van der Waals surface area contributed by atoms with Crippen LogP contribution in [0.3, 0.4) is 0 Å². The monoisotopic (exact) mass is 134 g/mol. The summed E-state index contributed by atoms with van der Waals surface area (Å²) < 4.78 is 0. The van der Waals surface area contributed by atoms with Crippen molar-refractivity contribution in [3.05, 3.63) is 0 Å². The second kappa shape index (κ2) is 4.14. The van der Waals surface area contributed by atoms with Crippen molar-refractivity contribution in [1.29, 1.82) is 0 Å². The summed E-state index contributed by atoms with van der Waals surface area (Å²) >= 11 is 0. The molecule has 0 aromatic carbocycles. The van der Waals surface area contributed by atoms with Gasteiger partial charge in [0.05, 0.1) is 0 Å². The second-order valence-electron chi connectivity index (χ2n) is 2.07. The van der Waals surface area contributed by atoms with Crippen molar-refractivity contribution in [3.8, 4) is 0 Å². The molecule has 0 unspecified atom stereocenters. The van der Waals surface area contributed by atoms with E-state index in [0.29, 0.717) is 0 Å². The summed E-state index contributed by atoms with van der Waals surface area (Å²) in [5.74, 6) is 0. The number of hydrogen-bond acceptors (Lipinski definition) is 1. The summed E-state index contributed by atoms with van der Waals surface area (Å²) in [7, 11) is 6.90. The van der Waals surface area contributed by atoms with Crippen molar-refractivity contribution >= 4 is 6.03 Å². The molecule has 0 aliphatic rings. The van der Waals surface area contributed by atoms with Crippen LogP contribution in [0.4, 0.5) is 4.79 Å². The number of hydrogen-bond donors (Lipinski definition) is 0. The van der Waals surface area contributed by atoms with Crippen LogP contribution in [0.5, 0.6) is 0 Å². The molecular formula is C5H14N2O2. The van der Waals surface area contributed by atoms with E-state index in [1.165, 1.54) is 9.80 Å². The number of amides is 2. The van der Waals surface area contributed by atoms with Crippen molar-refractivity contribution in [3.63, 3.8) is 0 Å². The Morgan fingerprint density at radius 1 is 1.00 bits per heavy atom. The fourth-order valence-electron chi connectivity index (χ4n) is 0.400. The minimum atomic E-state index is 0. The van der Waals surface area contributed by atoms with Crippen LogP contribution in [-0.2, 0) is 0 Å². The van der Waals surface area contributed by atoms with Crippen LogP contribution in [0.2, 0.25) is 0 Å². The third-order valence-electron chi connectivity index (χ3n) is 0.765. The smallest absolute Gasteiger partial charge is 0.318 e. The topological polar surface area (TPSA) is 55.1 Å². The molecule has 0 rings (SSSR count). The third kappa shape index (κ3) is 3.78. The van der Waals surface area contributed by atoms with E-state index in [2.05, 4.69) is 0 Å². The fourth-order valence-corrected chi connectivity index (χ4v) is 0.400. The average molecular weight is 134 g/mol. The minimum absolute atomic E-state index is 0. The highest BCUT2D eigenvalue weighted by Gasteiger charge is 2.02. The van der Waals surface area contributed by atoms with Crippen LogP contribution in [0.1, 0.15) is 0 Å². The fraction of sp³-hybridized carbons (Fsp3) is 0.800. The summed E-state index contributed by atoms with van der Waals surface area (Å²) in [5, 5.41) is 0. The van der Waals surface area contributed by atoms with E-state index in [1.54, 1.807) is 28.2 Å². The highest BCUT2D eigenvalue weighted by Crippen LogP contribution is 1.83. The van der Waals surface area contributed by atoms with E-state index in [1.807, 2.05) is 0 Å². The van der Waals surface area contributed by atoms with Gasteiger partial charge in [0, 0.05) is 28.2 Å². The predicted octanol–water partition coefficient (Wildman–Crippen LogP) is -0.595. The molecule has 0 saturated heterocycles. The molecule has 56 valence electrons. The van der Waals surface area contributed by atoms with Gasteiger partial charge in [0.1, 0.15) is 0 Å². The van der Waals surface area contributed by atoms with E-state index in [0.717, 1.165) is 0 Å². The van der Waals surface area contributed by atoms with E-state index in [9.17, 15) is 4.79 Å². The molecule has 2 amide bonds. The first-order chi connectivity index (χ1) is 3.55. The average Bonchev–Trinajstić information content (AvgIpc) is 1.64. The summed E-state index contributed by atoms with van der Waals surface area (Å²) in [4.78, 5) is 13.8. The Morgan fingerprint density at radius 3 is 1.22 bits per heavy atom. The lowest BCUT2D eigenvalue weighted by atomic mass is 10.7. The van der Waals surface area contributed by atoms with E-state index in [-0.39, 0.29) is 11.5 Å². The number of carbonyl (C=O) groups excluding carboxylic acids is 1. The Morgan fingerprint density at radius 2 is 1.22 bits per heavy atom. The molecule has 0 aliphatic carbocycles. The van der Waals surface area contributed by atoms with Gasteiger partial charge >= 0.3 is 6.03 Å². The van der Waals surface area contributed by atoms with Gasteiger partial charge in [-0.05, 0) is 0 Å². The molecule has 0 atom stereocenters. The standard InChI is InChI=1S/C5H12N2O.H2O/c1-6(2)5(8)7(3)4;/h1-4H3;1H2. The summed E-state index contributed by atoms with van der Waals surface area (Å²) in [6, 6.07) is 0.0185. The van der Waals surface area contributed by atoms with Crippen molar-refractivity contribution in [2.45, 2.75) is 0 Å². The van der Waals surface area contributed by atoms with Crippen LogP contribution in [-0.4, -0.2) is 49.5 Å². The molecule has 4 heteroatoms. The van der Waals surface area contributed by atoms with Gasteiger partial charge in [-0.15, -0.1) is 0 Å². The zero-order chi connectivity index (χ0) is 6.73. The van der Waals surface area contributed by atoms with Gasteiger partial charge in [-0.25, -0.2) is 4.79 Å². The first kappa shape index (κ1) is 11.1. The number of urea groups is 1. The van der Waals surface area contributed by atoms with E-state index >= 15 is 0 Å². The maximum absolute atomic E-state index is 10.7. The molecule has 0 aromatic heterocycles. The molecule has 0 radical (unpaired) electrons. The van der Waals surface area contributed by atoms with E-state index < -0.39 is 0 Å². The first-order valence-electron chi connectivity index (χ1n) is 2.44. The maximum atomic E-state index is 10.7. The Bertz CT molecular complexity index is 81.0. The molecule has 0 bridgehead atoms. The van der Waals surface area contributed by atoms with Crippen LogP contribution in [0, 0.1) is 0 Å². The van der Waals surface area contributed by atoms with Gasteiger partial charge in [0.15, 0.2) is 0 Å². The zero-order valence-corrected chi connectivity index (χ0v) is 6.30. The summed E-state index contributed by atoms with van der Waals surface area (Å²) in [6.07, 6.45) is 0. The molecule has 0 spiro atoms. The van der Waals surface area contributed by atoms with Gasteiger partial charge in [-0.2, -0.15) is 0 Å². The van der Waals surface area contributed by atoms with Crippen molar-refractivity contribution in [2.24, 2.45) is 0 Å². The first-order valence-corrected chi connectivity index (χ1v) is 2.44. The molecule has 0 aliphatic heterocycles. The molecular weight excluding hydrogens is 120 g/mol. The van der Waals surface area contributed by atoms with Gasteiger partial charge in [-0.3, -0.25) is 0 Å². The quantitative estimate of drug-likeness (QED) is 0.436. The highest BCUT2D eigenvalue weighted by molar-refractivity contribution is 5.72. The number of rotatable bonds is 0. The van der Waals surface area contributed by atoms with Crippen LogP contribution < -0.4 is 0 Å². The van der Waals surface area contributed by atoms with Crippen molar-refractivity contribution < 1.29 is 10.3 Å². The number of nitrogens with zero attached hydrogens (tertiary/aromatic N) is 2. The Kier molecular flexibility index (Phi) is 5.10. The summed E-state index contributed by atoms with van der Waals surface area (Å²) in [6.45, 7) is 0. The normalized spacial score (nSPS) is 7.56. The molecule has 0 aromatic rings. The molecule has 0 heterocycles. The Hall–Kier alpha value is -0.770. The van der Waals surface area contributed by atoms with Crippen LogP contribution in [0.15, 0.2) is 0 Å². The highest BCUT2D eigenvalue weighted by atomic mass is 16.2. The number of carbonyl (C=O) groups is 1. The lowest BCUT2D eigenvalue weighted by molar-refractivity contribution is 0.191. The Labute approximate surface area is 55.4 Å². The molecule has 4 nitrogen and oxygen atoms in total. The van der Waals surface area contributed by atoms with Crippen molar-refractivity contribution in [2.75, 3.05) is 28.2 Å². The SMILES string of the molecule is CN(C)C(=O)N(C)C.O. The molecule has 0 fully saturated rings. The lowest BCUT2D eigenvalue weighted by Gasteiger charge is -2.16. The maximum Gasteiger partial charge on any atom is 0.318 e. The van der Waals surface area contributed by atoms with E-state index in [4.69, 9.17) is 0 Å².